The summed E-state index contributed by atoms with van der Waals surface area (Å²) in [5.41, 5.74) is 5.17. The van der Waals surface area contributed by atoms with Crippen LogP contribution in [0.1, 0.15) is 6.42 Å². The SMILES string of the molecule is NC1=C(F)CC(=O)C=C1. The Hall–Kier alpha value is -1.12. The third-order valence-electron chi connectivity index (χ3n) is 1.09. The molecule has 2 nitrogen and oxygen atoms in total. The summed E-state index contributed by atoms with van der Waals surface area (Å²) in [4.78, 5) is 10.4. The van der Waals surface area contributed by atoms with Gasteiger partial charge in [-0.05, 0) is 12.2 Å². The Balaban J connectivity index is 2.87. The highest BCUT2D eigenvalue weighted by Gasteiger charge is 2.09. The molecule has 0 radical (unpaired) electrons. The molecule has 0 fully saturated rings. The van der Waals surface area contributed by atoms with E-state index in [4.69, 9.17) is 5.73 Å². The number of hydrogen-bond donors (Lipinski definition) is 1. The predicted molar refractivity (Wildman–Crippen MR) is 31.1 cm³/mol. The second-order valence-electron chi connectivity index (χ2n) is 1.84. The van der Waals surface area contributed by atoms with Crippen molar-refractivity contribution < 1.29 is 9.18 Å². The van der Waals surface area contributed by atoms with Crippen molar-refractivity contribution in [2.75, 3.05) is 0 Å². The van der Waals surface area contributed by atoms with Crippen LogP contribution in [0.2, 0.25) is 0 Å². The maximum absolute atomic E-state index is 12.3. The van der Waals surface area contributed by atoms with E-state index in [1.54, 1.807) is 0 Å². The summed E-state index contributed by atoms with van der Waals surface area (Å²) < 4.78 is 12.3. The van der Waals surface area contributed by atoms with Gasteiger partial charge in [-0.2, -0.15) is 0 Å². The quantitative estimate of drug-likeness (QED) is 0.519. The molecule has 0 aromatic carbocycles. The molecule has 0 saturated carbocycles. The number of halogens is 1. The van der Waals surface area contributed by atoms with E-state index in [1.807, 2.05) is 0 Å². The number of allylic oxidation sites excluding steroid dienone is 3. The highest BCUT2D eigenvalue weighted by molar-refractivity contribution is 5.93. The van der Waals surface area contributed by atoms with Gasteiger partial charge in [0.2, 0.25) is 0 Å². The molecule has 0 bridgehead atoms. The molecule has 9 heavy (non-hydrogen) atoms. The van der Waals surface area contributed by atoms with E-state index < -0.39 is 5.83 Å². The fourth-order valence-electron chi connectivity index (χ4n) is 0.587. The second kappa shape index (κ2) is 2.01. The first-order valence-corrected chi connectivity index (χ1v) is 2.55. The maximum Gasteiger partial charge on any atom is 0.162 e. The Morgan fingerprint density at radius 1 is 1.56 bits per heavy atom. The van der Waals surface area contributed by atoms with Gasteiger partial charge in [-0.1, -0.05) is 0 Å². The summed E-state index contributed by atoms with van der Waals surface area (Å²) in [6.07, 6.45) is 2.38. The molecule has 1 aliphatic rings. The molecule has 3 heteroatoms. The van der Waals surface area contributed by atoms with E-state index in [0.717, 1.165) is 0 Å². The lowest BCUT2D eigenvalue weighted by molar-refractivity contribution is -0.114. The van der Waals surface area contributed by atoms with Gasteiger partial charge in [-0.15, -0.1) is 0 Å². The molecule has 48 valence electrons. The van der Waals surface area contributed by atoms with E-state index in [-0.39, 0.29) is 17.9 Å². The highest BCUT2D eigenvalue weighted by atomic mass is 19.1. The van der Waals surface area contributed by atoms with Crippen molar-refractivity contribution in [3.63, 3.8) is 0 Å². The van der Waals surface area contributed by atoms with Crippen LogP contribution in [0.3, 0.4) is 0 Å². The molecule has 0 unspecified atom stereocenters. The molecule has 1 aliphatic carbocycles. The van der Waals surface area contributed by atoms with Crippen LogP contribution >= 0.6 is 0 Å². The molecule has 1 rings (SSSR count). The zero-order chi connectivity index (χ0) is 6.85. The molecular formula is C6H6FNO. The summed E-state index contributed by atoms with van der Waals surface area (Å²) in [6.45, 7) is 0. The van der Waals surface area contributed by atoms with E-state index in [0.29, 0.717) is 0 Å². The number of ketones is 1. The number of carbonyl (C=O) groups is 1. The van der Waals surface area contributed by atoms with Gasteiger partial charge in [0.05, 0.1) is 12.1 Å². The van der Waals surface area contributed by atoms with Gasteiger partial charge in [0.15, 0.2) is 5.78 Å². The van der Waals surface area contributed by atoms with Crippen molar-refractivity contribution in [1.29, 1.82) is 0 Å². The van der Waals surface area contributed by atoms with Crippen molar-refractivity contribution in [2.45, 2.75) is 6.42 Å². The van der Waals surface area contributed by atoms with Crippen LogP contribution < -0.4 is 5.73 Å². The molecule has 0 aromatic rings. The summed E-state index contributed by atoms with van der Waals surface area (Å²) >= 11 is 0. The van der Waals surface area contributed by atoms with Gasteiger partial charge in [0.25, 0.3) is 0 Å². The summed E-state index contributed by atoms with van der Waals surface area (Å²) in [5, 5.41) is 0. The second-order valence-corrected chi connectivity index (χ2v) is 1.84. The van der Waals surface area contributed by atoms with Gasteiger partial charge < -0.3 is 5.73 Å². The minimum atomic E-state index is -0.525. The van der Waals surface area contributed by atoms with Crippen LogP contribution in [0.15, 0.2) is 23.7 Å². The molecule has 0 saturated heterocycles. The lowest BCUT2D eigenvalue weighted by atomic mass is 10.1. The van der Waals surface area contributed by atoms with E-state index in [2.05, 4.69) is 0 Å². The molecule has 0 spiro atoms. The van der Waals surface area contributed by atoms with Crippen molar-refractivity contribution in [2.24, 2.45) is 5.73 Å². The third-order valence-corrected chi connectivity index (χ3v) is 1.09. The summed E-state index contributed by atoms with van der Waals surface area (Å²) in [5.74, 6) is -0.760. The van der Waals surface area contributed by atoms with E-state index >= 15 is 0 Å². The number of carbonyl (C=O) groups excluding carboxylic acids is 1. The Morgan fingerprint density at radius 2 is 2.22 bits per heavy atom. The van der Waals surface area contributed by atoms with E-state index in [1.165, 1.54) is 12.2 Å². The molecule has 0 amide bonds. The first-order valence-electron chi connectivity index (χ1n) is 2.55. The lowest BCUT2D eigenvalue weighted by Crippen LogP contribution is -2.06. The summed E-state index contributed by atoms with van der Waals surface area (Å²) in [6, 6.07) is 0. The van der Waals surface area contributed by atoms with Crippen LogP contribution in [0.4, 0.5) is 4.39 Å². The molecule has 0 heterocycles. The van der Waals surface area contributed by atoms with E-state index in [9.17, 15) is 9.18 Å². The smallest absolute Gasteiger partial charge is 0.162 e. The van der Waals surface area contributed by atoms with Crippen molar-refractivity contribution in [3.05, 3.63) is 23.7 Å². The Morgan fingerprint density at radius 3 is 2.67 bits per heavy atom. The van der Waals surface area contributed by atoms with Crippen LogP contribution in [-0.2, 0) is 4.79 Å². The average Bonchev–Trinajstić information content (AvgIpc) is 1.80. The standard InChI is InChI=1S/C6H6FNO/c7-5-3-4(9)1-2-6(5)8/h1-2H,3,8H2. The van der Waals surface area contributed by atoms with Gasteiger partial charge in [0, 0.05) is 0 Å². The molecule has 0 aliphatic heterocycles. The third kappa shape index (κ3) is 1.16. The predicted octanol–water partition coefficient (Wildman–Crippen LogP) is 0.655. The number of nitrogens with two attached hydrogens (primary N) is 1. The topological polar surface area (TPSA) is 43.1 Å². The summed E-state index contributed by atoms with van der Waals surface area (Å²) in [7, 11) is 0. The molecule has 0 atom stereocenters. The van der Waals surface area contributed by atoms with Crippen molar-refractivity contribution in [3.8, 4) is 0 Å². The van der Waals surface area contributed by atoms with Crippen molar-refractivity contribution >= 4 is 5.78 Å². The fourth-order valence-corrected chi connectivity index (χ4v) is 0.587. The first-order chi connectivity index (χ1) is 4.20. The Bertz CT molecular complexity index is 205. The number of rotatable bonds is 0. The van der Waals surface area contributed by atoms with Gasteiger partial charge >= 0.3 is 0 Å². The highest BCUT2D eigenvalue weighted by Crippen LogP contribution is 2.12. The minimum Gasteiger partial charge on any atom is -0.397 e. The fraction of sp³-hybridized carbons (Fsp3) is 0.167. The Kier molecular flexibility index (Phi) is 1.34. The van der Waals surface area contributed by atoms with Gasteiger partial charge in [-0.25, -0.2) is 4.39 Å². The number of hydrogen-bond acceptors (Lipinski definition) is 2. The minimum absolute atomic E-state index is 0.0644. The van der Waals surface area contributed by atoms with Crippen LogP contribution in [-0.4, -0.2) is 5.78 Å². The van der Waals surface area contributed by atoms with Crippen LogP contribution in [0.25, 0.3) is 0 Å². The molecule has 0 aromatic heterocycles. The monoisotopic (exact) mass is 127 g/mol. The first kappa shape index (κ1) is 6.01. The molecular weight excluding hydrogens is 121 g/mol. The molecule has 2 N–H and O–H groups in total. The maximum atomic E-state index is 12.3. The largest absolute Gasteiger partial charge is 0.397 e. The van der Waals surface area contributed by atoms with Gasteiger partial charge in [-0.3, -0.25) is 4.79 Å². The van der Waals surface area contributed by atoms with Gasteiger partial charge in [0.1, 0.15) is 5.83 Å². The van der Waals surface area contributed by atoms with Crippen LogP contribution in [0.5, 0.6) is 0 Å². The zero-order valence-electron chi connectivity index (χ0n) is 4.73. The lowest BCUT2D eigenvalue weighted by Gasteiger charge is -2.01. The Labute approximate surface area is 51.8 Å². The normalized spacial score (nSPS) is 19.0. The van der Waals surface area contributed by atoms with Crippen molar-refractivity contribution in [1.82, 2.24) is 0 Å². The zero-order valence-corrected chi connectivity index (χ0v) is 4.73. The van der Waals surface area contributed by atoms with Crippen LogP contribution in [0, 0.1) is 0 Å². The average molecular weight is 127 g/mol.